The Morgan fingerprint density at radius 3 is 2.69 bits per heavy atom. The fraction of sp³-hybridized carbons (Fsp3) is 0.714. The summed E-state index contributed by atoms with van der Waals surface area (Å²) in [6.45, 7) is 0. The van der Waals surface area contributed by atoms with Crippen molar-refractivity contribution in [3.05, 3.63) is 11.0 Å². The van der Waals surface area contributed by atoms with Crippen LogP contribution in [0.5, 0.6) is 0 Å². The zero-order valence-corrected chi connectivity index (χ0v) is 8.12. The minimum atomic E-state index is -4.16. The van der Waals surface area contributed by atoms with Crippen LogP contribution in [0.4, 0.5) is 0 Å². The Morgan fingerprint density at radius 1 is 1.62 bits per heavy atom. The molecule has 1 aliphatic carbocycles. The number of hydrogen-bond donors (Lipinski definition) is 2. The molecule has 0 saturated carbocycles. The molecule has 0 heterocycles. The first kappa shape index (κ1) is 10.6. The van der Waals surface area contributed by atoms with Crippen LogP contribution in [0.3, 0.4) is 0 Å². The molecule has 0 aromatic heterocycles. The van der Waals surface area contributed by atoms with Crippen LogP contribution >= 0.6 is 0 Å². The van der Waals surface area contributed by atoms with Crippen LogP contribution in [0.1, 0.15) is 12.8 Å². The van der Waals surface area contributed by atoms with E-state index in [-0.39, 0.29) is 11.0 Å². The Hall–Kier alpha value is -0.430. The molecule has 13 heavy (non-hydrogen) atoms. The van der Waals surface area contributed by atoms with Gasteiger partial charge in [0.25, 0.3) is 10.1 Å². The summed E-state index contributed by atoms with van der Waals surface area (Å²) in [6, 6.07) is -0.610. The standard InChI is InChI=1S/C7H13NO4S/c1-12-5-2-3-6(8)7(4-5)13(9,10)11/h4-6H,2-3,8H2,1H3,(H,9,10,11). The van der Waals surface area contributed by atoms with E-state index in [1.807, 2.05) is 0 Å². The quantitative estimate of drug-likeness (QED) is 0.617. The smallest absolute Gasteiger partial charge is 0.291 e. The third kappa shape index (κ3) is 2.50. The lowest BCUT2D eigenvalue weighted by molar-refractivity contribution is 0.125. The first-order valence-electron chi connectivity index (χ1n) is 3.92. The molecule has 2 unspecified atom stereocenters. The number of rotatable bonds is 2. The third-order valence-corrected chi connectivity index (χ3v) is 3.11. The zero-order chi connectivity index (χ0) is 10.1. The topological polar surface area (TPSA) is 89.6 Å². The Labute approximate surface area is 77.3 Å². The van der Waals surface area contributed by atoms with Crippen LogP contribution < -0.4 is 5.73 Å². The molecule has 0 aliphatic heterocycles. The second-order valence-electron chi connectivity index (χ2n) is 3.00. The summed E-state index contributed by atoms with van der Waals surface area (Å²) in [6.07, 6.45) is 2.28. The van der Waals surface area contributed by atoms with Crippen molar-refractivity contribution in [2.24, 2.45) is 5.73 Å². The van der Waals surface area contributed by atoms with Gasteiger partial charge in [-0.2, -0.15) is 8.42 Å². The second kappa shape index (κ2) is 3.75. The van der Waals surface area contributed by atoms with E-state index in [1.165, 1.54) is 13.2 Å². The first-order valence-corrected chi connectivity index (χ1v) is 5.36. The van der Waals surface area contributed by atoms with Gasteiger partial charge in [0.2, 0.25) is 0 Å². The van der Waals surface area contributed by atoms with Gasteiger partial charge in [0.1, 0.15) is 0 Å². The van der Waals surface area contributed by atoms with Gasteiger partial charge in [-0.05, 0) is 18.9 Å². The largest absolute Gasteiger partial charge is 0.377 e. The van der Waals surface area contributed by atoms with Crippen molar-refractivity contribution in [1.82, 2.24) is 0 Å². The van der Waals surface area contributed by atoms with Crippen LogP contribution in [0.2, 0.25) is 0 Å². The lowest BCUT2D eigenvalue weighted by atomic mass is 10.0. The number of methoxy groups -OCH3 is 1. The number of nitrogens with two attached hydrogens (primary N) is 1. The van der Waals surface area contributed by atoms with Crippen LogP contribution in [0.15, 0.2) is 11.0 Å². The minimum absolute atomic E-state index is 0.134. The minimum Gasteiger partial charge on any atom is -0.377 e. The normalized spacial score (nSPS) is 29.9. The van der Waals surface area contributed by atoms with Crippen LogP contribution in [-0.2, 0) is 14.9 Å². The van der Waals surface area contributed by atoms with E-state index in [0.29, 0.717) is 12.8 Å². The number of hydrogen-bond acceptors (Lipinski definition) is 4. The van der Waals surface area contributed by atoms with Crippen molar-refractivity contribution in [2.45, 2.75) is 25.0 Å². The molecule has 0 aromatic carbocycles. The van der Waals surface area contributed by atoms with E-state index in [1.54, 1.807) is 0 Å². The Kier molecular flexibility index (Phi) is 3.07. The summed E-state index contributed by atoms with van der Waals surface area (Å²) in [5.41, 5.74) is 5.52. The van der Waals surface area contributed by atoms with Gasteiger partial charge in [-0.1, -0.05) is 0 Å². The van der Waals surface area contributed by atoms with Crippen molar-refractivity contribution < 1.29 is 17.7 Å². The molecular weight excluding hydrogens is 194 g/mol. The summed E-state index contributed by atoms with van der Waals surface area (Å²) in [4.78, 5) is -0.134. The average Bonchev–Trinajstić information content (AvgIpc) is 2.03. The molecule has 1 rings (SSSR count). The van der Waals surface area contributed by atoms with Crippen molar-refractivity contribution >= 4 is 10.1 Å². The highest BCUT2D eigenvalue weighted by molar-refractivity contribution is 7.89. The summed E-state index contributed by atoms with van der Waals surface area (Å²) in [5.74, 6) is 0. The van der Waals surface area contributed by atoms with E-state index >= 15 is 0 Å². The maximum absolute atomic E-state index is 10.8. The van der Waals surface area contributed by atoms with Crippen LogP contribution in [-0.4, -0.2) is 32.2 Å². The fourth-order valence-corrected chi connectivity index (χ4v) is 2.16. The molecule has 0 saturated heterocycles. The van der Waals surface area contributed by atoms with Gasteiger partial charge in [-0.25, -0.2) is 0 Å². The Bertz CT molecular complexity index is 308. The molecule has 2 atom stereocenters. The van der Waals surface area contributed by atoms with E-state index < -0.39 is 16.2 Å². The molecule has 0 spiro atoms. The van der Waals surface area contributed by atoms with Crippen molar-refractivity contribution in [3.63, 3.8) is 0 Å². The third-order valence-electron chi connectivity index (χ3n) is 2.08. The maximum Gasteiger partial charge on any atom is 0.291 e. The van der Waals surface area contributed by atoms with Crippen LogP contribution in [0.25, 0.3) is 0 Å². The Morgan fingerprint density at radius 2 is 2.23 bits per heavy atom. The molecule has 0 aromatic rings. The molecular formula is C7H13NO4S. The van der Waals surface area contributed by atoms with Gasteiger partial charge in [-0.15, -0.1) is 0 Å². The van der Waals surface area contributed by atoms with Gasteiger partial charge < -0.3 is 10.5 Å². The lowest BCUT2D eigenvalue weighted by Crippen LogP contribution is -2.33. The fourth-order valence-electron chi connectivity index (χ4n) is 1.34. The van der Waals surface area contributed by atoms with Crippen LogP contribution in [0, 0.1) is 0 Å². The molecule has 0 bridgehead atoms. The molecule has 0 amide bonds. The van der Waals surface area contributed by atoms with Gasteiger partial charge in [-0.3, -0.25) is 4.55 Å². The monoisotopic (exact) mass is 207 g/mol. The average molecular weight is 207 g/mol. The van der Waals surface area contributed by atoms with E-state index in [2.05, 4.69) is 0 Å². The highest BCUT2D eigenvalue weighted by atomic mass is 32.2. The lowest BCUT2D eigenvalue weighted by Gasteiger charge is -2.23. The van der Waals surface area contributed by atoms with Crippen molar-refractivity contribution in [3.8, 4) is 0 Å². The predicted molar refractivity (Wildman–Crippen MR) is 47.6 cm³/mol. The molecule has 0 radical (unpaired) electrons. The molecule has 1 aliphatic rings. The Balaban J connectivity index is 2.97. The molecule has 6 heteroatoms. The highest BCUT2D eigenvalue weighted by Gasteiger charge is 2.27. The summed E-state index contributed by atoms with van der Waals surface area (Å²) in [7, 11) is -2.68. The van der Waals surface area contributed by atoms with Gasteiger partial charge in [0.15, 0.2) is 0 Å². The first-order chi connectivity index (χ1) is 5.95. The zero-order valence-electron chi connectivity index (χ0n) is 7.30. The van der Waals surface area contributed by atoms with Crippen molar-refractivity contribution in [2.75, 3.05) is 7.11 Å². The molecule has 3 N–H and O–H groups in total. The van der Waals surface area contributed by atoms with Crippen molar-refractivity contribution in [1.29, 1.82) is 0 Å². The highest BCUT2D eigenvalue weighted by Crippen LogP contribution is 2.22. The number of ether oxygens (including phenoxy) is 1. The van der Waals surface area contributed by atoms with Gasteiger partial charge in [0.05, 0.1) is 11.0 Å². The molecule has 0 fully saturated rings. The molecule has 76 valence electrons. The van der Waals surface area contributed by atoms with E-state index in [4.69, 9.17) is 15.0 Å². The summed E-state index contributed by atoms with van der Waals surface area (Å²) < 4.78 is 35.4. The van der Waals surface area contributed by atoms with Gasteiger partial charge in [0, 0.05) is 13.2 Å². The van der Waals surface area contributed by atoms with Gasteiger partial charge >= 0.3 is 0 Å². The van der Waals surface area contributed by atoms with E-state index in [0.717, 1.165) is 0 Å². The SMILES string of the molecule is COC1C=C(S(=O)(=O)O)C(N)CC1. The summed E-state index contributed by atoms with van der Waals surface area (Å²) >= 11 is 0. The molecule has 5 nitrogen and oxygen atoms in total. The maximum atomic E-state index is 10.8. The second-order valence-corrected chi connectivity index (χ2v) is 4.42. The predicted octanol–water partition coefficient (Wildman–Crippen LogP) is -0.106. The summed E-state index contributed by atoms with van der Waals surface area (Å²) in [5, 5.41) is 0. The van der Waals surface area contributed by atoms with E-state index in [9.17, 15) is 8.42 Å².